The molecule has 0 aliphatic carbocycles. The lowest BCUT2D eigenvalue weighted by molar-refractivity contribution is -0.137. The van der Waals surface area contributed by atoms with Crippen molar-refractivity contribution in [3.63, 3.8) is 0 Å². The van der Waals surface area contributed by atoms with Crippen LogP contribution in [0, 0.1) is 0 Å². The third-order valence-electron chi connectivity index (χ3n) is 7.36. The van der Waals surface area contributed by atoms with Gasteiger partial charge in [-0.05, 0) is 91.7 Å². The lowest BCUT2D eigenvalue weighted by Gasteiger charge is -2.33. The molecule has 1 aliphatic heterocycles. The highest BCUT2D eigenvalue weighted by Crippen LogP contribution is 2.38. The molecule has 1 aromatic heterocycles. The molecule has 8 nitrogen and oxygen atoms in total. The molecule has 0 spiro atoms. The number of carbonyl (C=O) groups excluding carboxylic acids is 3. The Morgan fingerprint density at radius 3 is 1.84 bits per heavy atom. The van der Waals surface area contributed by atoms with Gasteiger partial charge in [-0.2, -0.15) is 13.2 Å². The van der Waals surface area contributed by atoms with Gasteiger partial charge >= 0.3 is 6.18 Å². The van der Waals surface area contributed by atoms with Gasteiger partial charge in [-0.25, -0.2) is 0 Å². The van der Waals surface area contributed by atoms with E-state index in [9.17, 15) is 32.7 Å². The van der Waals surface area contributed by atoms with Crippen LogP contribution < -0.4 is 15.5 Å². The molecule has 3 aromatic carbocycles. The van der Waals surface area contributed by atoms with Gasteiger partial charge in [0, 0.05) is 60.1 Å². The Morgan fingerprint density at radius 1 is 0.791 bits per heavy atom. The van der Waals surface area contributed by atoms with Crippen LogP contribution in [0.4, 0.5) is 30.2 Å². The van der Waals surface area contributed by atoms with Crippen molar-refractivity contribution in [3.05, 3.63) is 113 Å². The molecule has 2 amide bonds. The molecule has 0 unspecified atom stereocenters. The molecule has 11 heteroatoms. The minimum absolute atomic E-state index is 0.0228. The van der Waals surface area contributed by atoms with E-state index >= 15 is 0 Å². The third-order valence-corrected chi connectivity index (χ3v) is 7.36. The molecule has 4 aromatic rings. The second-order valence-electron chi connectivity index (χ2n) is 10.3. The van der Waals surface area contributed by atoms with Crippen molar-refractivity contribution in [3.8, 4) is 0 Å². The van der Waals surface area contributed by atoms with E-state index in [1.165, 1.54) is 36.4 Å². The van der Waals surface area contributed by atoms with Crippen LogP contribution in [0.15, 0.2) is 85.1 Å². The Hall–Kier alpha value is -4.90. The highest BCUT2D eigenvalue weighted by atomic mass is 19.4. The summed E-state index contributed by atoms with van der Waals surface area (Å²) in [6, 6.07) is 19.4. The SMILES string of the molecule is Cn1cccc1C(=O)Nc1ccc(C(=O)c2ccc(NC(=O)c3ccc(N4CCC(O)CC4)c(C(F)(F)F)c3)cc2)cc1. The fourth-order valence-corrected chi connectivity index (χ4v) is 4.96. The average molecular weight is 591 g/mol. The summed E-state index contributed by atoms with van der Waals surface area (Å²) in [4.78, 5) is 39.8. The van der Waals surface area contributed by atoms with Crippen molar-refractivity contribution >= 4 is 34.7 Å². The van der Waals surface area contributed by atoms with Gasteiger partial charge in [0.2, 0.25) is 0 Å². The number of amides is 2. The number of aliphatic hydroxyl groups is 1. The summed E-state index contributed by atoms with van der Waals surface area (Å²) in [6.45, 7) is 0.575. The number of hydrogen-bond acceptors (Lipinski definition) is 5. The number of rotatable bonds is 7. The molecule has 1 fully saturated rings. The molecule has 3 N–H and O–H groups in total. The molecular formula is C32H29F3N4O4. The van der Waals surface area contributed by atoms with Gasteiger partial charge in [-0.1, -0.05) is 0 Å². The molecule has 0 saturated carbocycles. The number of carbonyl (C=O) groups is 3. The number of alkyl halides is 3. The fourth-order valence-electron chi connectivity index (χ4n) is 4.96. The quantitative estimate of drug-likeness (QED) is 0.238. The second kappa shape index (κ2) is 12.1. The summed E-state index contributed by atoms with van der Waals surface area (Å²) in [5.41, 5.74) is 0.954. The van der Waals surface area contributed by atoms with Crippen LogP contribution in [-0.4, -0.2) is 46.5 Å². The van der Waals surface area contributed by atoms with Crippen LogP contribution in [0.2, 0.25) is 0 Å². The zero-order valence-corrected chi connectivity index (χ0v) is 23.2. The summed E-state index contributed by atoms with van der Waals surface area (Å²) in [5.74, 6) is -1.29. The van der Waals surface area contributed by atoms with Crippen molar-refractivity contribution in [2.75, 3.05) is 28.6 Å². The molecule has 2 heterocycles. The van der Waals surface area contributed by atoms with Crippen molar-refractivity contribution in [2.24, 2.45) is 7.05 Å². The van der Waals surface area contributed by atoms with Crippen LogP contribution in [0.5, 0.6) is 0 Å². The van der Waals surface area contributed by atoms with E-state index in [1.54, 1.807) is 59.1 Å². The normalized spacial score (nSPS) is 13.9. The summed E-state index contributed by atoms with van der Waals surface area (Å²) >= 11 is 0. The molecule has 1 aliphatic rings. The van der Waals surface area contributed by atoms with Crippen LogP contribution >= 0.6 is 0 Å². The fraction of sp³-hybridized carbons (Fsp3) is 0.219. The van der Waals surface area contributed by atoms with E-state index in [1.807, 2.05) is 0 Å². The third kappa shape index (κ3) is 6.78. The Kier molecular flexibility index (Phi) is 8.36. The monoisotopic (exact) mass is 590 g/mol. The highest BCUT2D eigenvalue weighted by molar-refractivity contribution is 6.10. The Morgan fingerprint density at radius 2 is 1.33 bits per heavy atom. The van der Waals surface area contributed by atoms with E-state index in [4.69, 9.17) is 0 Å². The number of anilines is 3. The molecular weight excluding hydrogens is 561 g/mol. The first-order valence-electron chi connectivity index (χ1n) is 13.6. The van der Waals surface area contributed by atoms with E-state index in [2.05, 4.69) is 10.6 Å². The van der Waals surface area contributed by atoms with Gasteiger partial charge < -0.3 is 25.2 Å². The van der Waals surface area contributed by atoms with Gasteiger partial charge in [-0.3, -0.25) is 14.4 Å². The van der Waals surface area contributed by atoms with Crippen molar-refractivity contribution in [1.82, 2.24) is 4.57 Å². The molecule has 5 rings (SSSR count). The molecule has 0 radical (unpaired) electrons. The summed E-state index contributed by atoms with van der Waals surface area (Å²) in [5, 5.41) is 15.1. The molecule has 43 heavy (non-hydrogen) atoms. The van der Waals surface area contributed by atoms with Crippen LogP contribution in [0.3, 0.4) is 0 Å². The summed E-state index contributed by atoms with van der Waals surface area (Å²) in [6.07, 6.45) is -2.70. The average Bonchev–Trinajstić information content (AvgIpc) is 3.43. The van der Waals surface area contributed by atoms with E-state index in [0.717, 1.165) is 6.07 Å². The van der Waals surface area contributed by atoms with Gasteiger partial charge in [0.1, 0.15) is 5.69 Å². The van der Waals surface area contributed by atoms with Gasteiger partial charge in [0.15, 0.2) is 5.78 Å². The number of hydrogen-bond donors (Lipinski definition) is 3. The van der Waals surface area contributed by atoms with Gasteiger partial charge in [-0.15, -0.1) is 0 Å². The van der Waals surface area contributed by atoms with Gasteiger partial charge in [0.25, 0.3) is 11.8 Å². The van der Waals surface area contributed by atoms with Crippen LogP contribution in [-0.2, 0) is 13.2 Å². The van der Waals surface area contributed by atoms with Gasteiger partial charge in [0.05, 0.1) is 11.7 Å². The smallest absolute Gasteiger partial charge is 0.393 e. The predicted octanol–water partition coefficient (Wildman–Crippen LogP) is 5.74. The largest absolute Gasteiger partial charge is 0.418 e. The number of aryl methyl sites for hydroxylation is 1. The Balaban J connectivity index is 1.24. The molecule has 222 valence electrons. The Bertz CT molecular complexity index is 1640. The van der Waals surface area contributed by atoms with Crippen molar-refractivity contribution < 1.29 is 32.7 Å². The first kappa shape index (κ1) is 29.6. The number of aliphatic hydroxyl groups excluding tert-OH is 1. The highest BCUT2D eigenvalue weighted by Gasteiger charge is 2.36. The lowest BCUT2D eigenvalue weighted by atomic mass is 10.0. The van der Waals surface area contributed by atoms with E-state index < -0.39 is 23.8 Å². The maximum Gasteiger partial charge on any atom is 0.418 e. The summed E-state index contributed by atoms with van der Waals surface area (Å²) in [7, 11) is 1.76. The molecule has 0 bridgehead atoms. The first-order chi connectivity index (χ1) is 20.5. The minimum Gasteiger partial charge on any atom is -0.393 e. The maximum absolute atomic E-state index is 13.9. The van der Waals surface area contributed by atoms with E-state index in [0.29, 0.717) is 41.0 Å². The standard InChI is InChI=1S/C32H29F3N4O4/c1-38-16-2-3-28(38)31(43)37-24-11-6-21(7-12-24)29(41)20-4-9-23(10-5-20)36-30(42)22-8-13-27(26(19-22)32(33,34)35)39-17-14-25(40)15-18-39/h2-13,16,19,25,40H,14-15,17-18H2,1H3,(H,36,42)(H,37,43). The molecule has 0 atom stereocenters. The van der Waals surface area contributed by atoms with Crippen LogP contribution in [0.25, 0.3) is 0 Å². The predicted molar refractivity (Wildman–Crippen MR) is 157 cm³/mol. The lowest BCUT2D eigenvalue weighted by Crippen LogP contribution is -2.37. The number of ketones is 1. The second-order valence-corrected chi connectivity index (χ2v) is 10.3. The molecule has 1 saturated heterocycles. The van der Waals surface area contributed by atoms with Crippen LogP contribution in [0.1, 0.15) is 55.2 Å². The Labute approximate surface area is 245 Å². The van der Waals surface area contributed by atoms with E-state index in [-0.39, 0.29) is 36.0 Å². The number of nitrogens with one attached hydrogen (secondary N) is 2. The number of nitrogens with zero attached hydrogens (tertiary/aromatic N) is 2. The minimum atomic E-state index is -4.67. The maximum atomic E-state index is 13.9. The topological polar surface area (TPSA) is 104 Å². The number of benzene rings is 3. The zero-order chi connectivity index (χ0) is 30.7. The zero-order valence-electron chi connectivity index (χ0n) is 23.2. The van der Waals surface area contributed by atoms with Crippen molar-refractivity contribution in [2.45, 2.75) is 25.1 Å². The first-order valence-corrected chi connectivity index (χ1v) is 13.6. The number of piperidine rings is 1. The number of halogens is 3. The number of aromatic nitrogens is 1. The summed E-state index contributed by atoms with van der Waals surface area (Å²) < 4.78 is 43.4. The van der Waals surface area contributed by atoms with Crippen molar-refractivity contribution in [1.29, 1.82) is 0 Å².